The standard InChI is InChI=1S/C18H14BrNO3/c19-16-12-6-2-1-5-11(12)9-10-13(16)17(21)20-14-7-3-4-8-15(14)23-18(20)22/h3-4,7-10H,1-2,5-6H2. The van der Waals surface area contributed by atoms with Crippen molar-refractivity contribution in [1.29, 1.82) is 0 Å². The first kappa shape index (κ1) is 14.5. The molecule has 0 fully saturated rings. The summed E-state index contributed by atoms with van der Waals surface area (Å²) in [6, 6.07) is 10.7. The van der Waals surface area contributed by atoms with Crippen LogP contribution >= 0.6 is 15.9 Å². The molecule has 0 unspecified atom stereocenters. The molecular weight excluding hydrogens is 358 g/mol. The summed E-state index contributed by atoms with van der Waals surface area (Å²) in [7, 11) is 0. The van der Waals surface area contributed by atoms with Crippen LogP contribution in [0, 0.1) is 0 Å². The lowest BCUT2D eigenvalue weighted by Crippen LogP contribution is -2.24. The summed E-state index contributed by atoms with van der Waals surface area (Å²) in [5.41, 5.74) is 3.87. The van der Waals surface area contributed by atoms with Crippen LogP contribution in [-0.2, 0) is 12.8 Å². The first-order valence-corrected chi connectivity index (χ1v) is 8.41. The van der Waals surface area contributed by atoms with E-state index in [0.29, 0.717) is 16.7 Å². The highest BCUT2D eigenvalue weighted by Crippen LogP contribution is 2.31. The van der Waals surface area contributed by atoms with Gasteiger partial charge in [0.05, 0.1) is 11.1 Å². The van der Waals surface area contributed by atoms with Gasteiger partial charge in [-0.15, -0.1) is 0 Å². The average molecular weight is 372 g/mol. The molecule has 1 aliphatic rings. The van der Waals surface area contributed by atoms with Gasteiger partial charge in [-0.2, -0.15) is 0 Å². The fourth-order valence-corrected chi connectivity index (χ4v) is 3.98. The van der Waals surface area contributed by atoms with E-state index < -0.39 is 5.76 Å². The van der Waals surface area contributed by atoms with Gasteiger partial charge in [0.25, 0.3) is 5.91 Å². The second-order valence-electron chi connectivity index (χ2n) is 5.75. The summed E-state index contributed by atoms with van der Waals surface area (Å²) in [4.78, 5) is 25.0. The third-order valence-corrected chi connectivity index (χ3v) is 5.29. The Morgan fingerprint density at radius 1 is 1.09 bits per heavy atom. The van der Waals surface area contributed by atoms with Crippen molar-refractivity contribution >= 4 is 32.9 Å². The summed E-state index contributed by atoms with van der Waals surface area (Å²) in [5.74, 6) is -1.01. The number of rotatable bonds is 1. The minimum atomic E-state index is -0.652. The van der Waals surface area contributed by atoms with E-state index in [4.69, 9.17) is 4.42 Å². The van der Waals surface area contributed by atoms with Crippen molar-refractivity contribution in [3.63, 3.8) is 0 Å². The Morgan fingerprint density at radius 2 is 1.87 bits per heavy atom. The number of halogens is 1. The molecule has 0 radical (unpaired) electrons. The van der Waals surface area contributed by atoms with Crippen LogP contribution in [0.1, 0.15) is 34.3 Å². The van der Waals surface area contributed by atoms with E-state index in [2.05, 4.69) is 15.9 Å². The van der Waals surface area contributed by atoms with Crippen LogP contribution < -0.4 is 5.76 Å². The molecule has 0 N–H and O–H groups in total. The number of aromatic nitrogens is 1. The number of aryl methyl sites for hydroxylation is 1. The van der Waals surface area contributed by atoms with E-state index >= 15 is 0 Å². The third-order valence-electron chi connectivity index (χ3n) is 4.38. The van der Waals surface area contributed by atoms with Crippen molar-refractivity contribution in [3.8, 4) is 0 Å². The zero-order chi connectivity index (χ0) is 16.0. The maximum absolute atomic E-state index is 12.9. The molecule has 116 valence electrons. The summed E-state index contributed by atoms with van der Waals surface area (Å²) >= 11 is 3.57. The molecule has 0 aliphatic heterocycles. The van der Waals surface area contributed by atoms with Crippen LogP contribution in [0.4, 0.5) is 0 Å². The van der Waals surface area contributed by atoms with E-state index in [1.165, 1.54) is 17.5 Å². The lowest BCUT2D eigenvalue weighted by molar-refractivity contribution is 0.0955. The second-order valence-corrected chi connectivity index (χ2v) is 6.54. The Labute approximate surface area is 140 Å². The molecule has 3 aromatic rings. The lowest BCUT2D eigenvalue weighted by Gasteiger charge is -2.18. The largest absolute Gasteiger partial charge is 0.427 e. The molecule has 1 aliphatic carbocycles. The van der Waals surface area contributed by atoms with Crippen LogP contribution in [0.15, 0.2) is 50.1 Å². The maximum Gasteiger partial charge on any atom is 0.427 e. The van der Waals surface area contributed by atoms with Gasteiger partial charge in [-0.25, -0.2) is 9.36 Å². The minimum absolute atomic E-state index is 0.361. The predicted molar refractivity (Wildman–Crippen MR) is 91.0 cm³/mol. The Morgan fingerprint density at radius 3 is 2.74 bits per heavy atom. The highest BCUT2D eigenvalue weighted by molar-refractivity contribution is 9.10. The normalized spacial score (nSPS) is 14.0. The van der Waals surface area contributed by atoms with Gasteiger partial charge in [0.1, 0.15) is 0 Å². The van der Waals surface area contributed by atoms with E-state index in [1.807, 2.05) is 6.07 Å². The number of benzene rings is 2. The molecule has 0 spiro atoms. The Kier molecular flexibility index (Phi) is 3.45. The molecule has 4 rings (SSSR count). The average Bonchev–Trinajstić information content (AvgIpc) is 2.90. The molecule has 0 atom stereocenters. The van der Waals surface area contributed by atoms with Gasteiger partial charge in [0.2, 0.25) is 0 Å². The topological polar surface area (TPSA) is 52.2 Å². The smallest absolute Gasteiger partial charge is 0.407 e. The molecule has 4 nitrogen and oxygen atoms in total. The van der Waals surface area contributed by atoms with Gasteiger partial charge >= 0.3 is 5.76 Å². The first-order chi connectivity index (χ1) is 11.2. The van der Waals surface area contributed by atoms with Crippen molar-refractivity contribution in [1.82, 2.24) is 4.57 Å². The lowest BCUT2D eigenvalue weighted by atomic mass is 9.90. The van der Waals surface area contributed by atoms with E-state index in [0.717, 1.165) is 28.3 Å². The predicted octanol–water partition coefficient (Wildman–Crippen LogP) is 3.92. The molecule has 0 saturated carbocycles. The summed E-state index contributed by atoms with van der Waals surface area (Å²) in [6.45, 7) is 0. The molecule has 0 bridgehead atoms. The van der Waals surface area contributed by atoms with Gasteiger partial charge in [-0.3, -0.25) is 4.79 Å². The first-order valence-electron chi connectivity index (χ1n) is 7.62. The van der Waals surface area contributed by atoms with Crippen LogP contribution in [0.2, 0.25) is 0 Å². The highest BCUT2D eigenvalue weighted by atomic mass is 79.9. The molecule has 1 heterocycles. The number of para-hydroxylation sites is 2. The summed E-state index contributed by atoms with van der Waals surface area (Å²) < 4.78 is 7.07. The Balaban J connectivity index is 1.89. The van der Waals surface area contributed by atoms with Crippen molar-refractivity contribution in [2.75, 3.05) is 0 Å². The van der Waals surface area contributed by atoms with Gasteiger partial charge in [-0.05, 0) is 70.9 Å². The van der Waals surface area contributed by atoms with Crippen molar-refractivity contribution in [2.24, 2.45) is 0 Å². The molecule has 23 heavy (non-hydrogen) atoms. The SMILES string of the molecule is O=C(c1ccc2c(c1Br)CCCC2)n1c(=O)oc2ccccc21. The molecule has 5 heteroatoms. The number of carbonyl (C=O) groups is 1. The van der Waals surface area contributed by atoms with Crippen LogP contribution in [0.25, 0.3) is 11.1 Å². The molecule has 0 saturated heterocycles. The van der Waals surface area contributed by atoms with Crippen LogP contribution in [0.3, 0.4) is 0 Å². The van der Waals surface area contributed by atoms with Crippen molar-refractivity contribution < 1.29 is 9.21 Å². The van der Waals surface area contributed by atoms with E-state index in [-0.39, 0.29) is 5.91 Å². The zero-order valence-electron chi connectivity index (χ0n) is 12.3. The maximum atomic E-state index is 12.9. The molecule has 2 aromatic carbocycles. The Hall–Kier alpha value is -2.14. The number of fused-ring (bicyclic) bond motifs is 2. The number of hydrogen-bond donors (Lipinski definition) is 0. The van der Waals surface area contributed by atoms with Gasteiger partial charge in [-0.1, -0.05) is 18.2 Å². The van der Waals surface area contributed by atoms with Crippen LogP contribution in [0.5, 0.6) is 0 Å². The molecule has 1 aromatic heterocycles. The highest BCUT2D eigenvalue weighted by Gasteiger charge is 2.23. The van der Waals surface area contributed by atoms with E-state index in [9.17, 15) is 9.59 Å². The van der Waals surface area contributed by atoms with Crippen LogP contribution in [-0.4, -0.2) is 10.5 Å². The number of nitrogens with zero attached hydrogens (tertiary/aromatic N) is 1. The van der Waals surface area contributed by atoms with Crippen molar-refractivity contribution in [3.05, 3.63) is 68.1 Å². The van der Waals surface area contributed by atoms with Gasteiger partial charge in [0, 0.05) is 4.47 Å². The monoisotopic (exact) mass is 371 g/mol. The summed E-state index contributed by atoms with van der Waals surface area (Å²) in [5, 5.41) is 0. The second kappa shape index (κ2) is 5.49. The minimum Gasteiger partial charge on any atom is -0.407 e. The zero-order valence-corrected chi connectivity index (χ0v) is 13.9. The quantitative estimate of drug-likeness (QED) is 0.651. The summed E-state index contributed by atoms with van der Waals surface area (Å²) in [6.07, 6.45) is 4.30. The molecular formula is C18H14BrNO3. The number of carbonyl (C=O) groups excluding carboxylic acids is 1. The van der Waals surface area contributed by atoms with Gasteiger partial charge < -0.3 is 4.42 Å². The fourth-order valence-electron chi connectivity index (χ4n) is 3.23. The fraction of sp³-hybridized carbons (Fsp3) is 0.222. The molecule has 0 amide bonds. The van der Waals surface area contributed by atoms with Gasteiger partial charge in [0.15, 0.2) is 5.58 Å². The Bertz CT molecular complexity index is 984. The number of oxazole rings is 1. The van der Waals surface area contributed by atoms with E-state index in [1.54, 1.807) is 30.3 Å². The van der Waals surface area contributed by atoms with Crippen molar-refractivity contribution in [2.45, 2.75) is 25.7 Å². The number of hydrogen-bond acceptors (Lipinski definition) is 3. The third kappa shape index (κ3) is 2.27.